The summed E-state index contributed by atoms with van der Waals surface area (Å²) in [6.45, 7) is 1.52. The van der Waals surface area contributed by atoms with Crippen LogP contribution in [0.15, 0.2) is 18.2 Å². The number of amides is 1. The second-order valence-corrected chi connectivity index (χ2v) is 5.56. The number of hydrogen-bond donors (Lipinski definition) is 2. The van der Waals surface area contributed by atoms with Crippen molar-refractivity contribution in [1.29, 1.82) is 0 Å². The highest BCUT2D eigenvalue weighted by molar-refractivity contribution is 5.75. The number of non-ortho nitro benzene ring substituents is 2. The topological polar surface area (TPSA) is 168 Å². The molecule has 0 spiro atoms. The van der Waals surface area contributed by atoms with Crippen LogP contribution < -0.4 is 11.1 Å². The summed E-state index contributed by atoms with van der Waals surface area (Å²) >= 11 is 0. The third-order valence-electron chi connectivity index (χ3n) is 3.38. The molecule has 0 radical (unpaired) electrons. The van der Waals surface area contributed by atoms with Gasteiger partial charge in [0.15, 0.2) is 0 Å². The highest BCUT2D eigenvalue weighted by Gasteiger charge is 2.19. The van der Waals surface area contributed by atoms with Gasteiger partial charge >= 0.3 is 5.97 Å². The lowest BCUT2D eigenvalue weighted by molar-refractivity contribution is -0.394. The lowest BCUT2D eigenvalue weighted by Crippen LogP contribution is -2.32. The molecule has 1 aromatic carbocycles. The monoisotopic (exact) mass is 368 g/mol. The van der Waals surface area contributed by atoms with E-state index in [9.17, 15) is 29.8 Å². The summed E-state index contributed by atoms with van der Waals surface area (Å²) in [5, 5.41) is 24.3. The van der Waals surface area contributed by atoms with Gasteiger partial charge in [0.1, 0.15) is 12.6 Å². The summed E-state index contributed by atoms with van der Waals surface area (Å²) < 4.78 is 4.98. The van der Waals surface area contributed by atoms with Gasteiger partial charge < -0.3 is 15.8 Å². The average molecular weight is 368 g/mol. The Labute approximate surface area is 148 Å². The molecule has 1 aromatic rings. The Balaban J connectivity index is 2.54. The van der Waals surface area contributed by atoms with Crippen LogP contribution in [0.25, 0.3) is 0 Å². The molecule has 26 heavy (non-hydrogen) atoms. The summed E-state index contributed by atoms with van der Waals surface area (Å²) in [5.41, 5.74) is 4.89. The smallest absolute Gasteiger partial charge is 0.323 e. The van der Waals surface area contributed by atoms with Crippen LogP contribution in [0.4, 0.5) is 11.4 Å². The van der Waals surface area contributed by atoms with Gasteiger partial charge in [-0.2, -0.15) is 0 Å². The van der Waals surface area contributed by atoms with E-state index in [1.807, 2.05) is 0 Å². The van der Waals surface area contributed by atoms with E-state index in [2.05, 4.69) is 5.32 Å². The summed E-state index contributed by atoms with van der Waals surface area (Å²) in [7, 11) is 0. The van der Waals surface area contributed by atoms with Gasteiger partial charge in [-0.05, 0) is 19.3 Å². The molecule has 11 nitrogen and oxygen atoms in total. The molecule has 0 aliphatic carbocycles. The lowest BCUT2D eigenvalue weighted by Gasteiger charge is -2.11. The Morgan fingerprint density at radius 2 is 1.73 bits per heavy atom. The third-order valence-corrected chi connectivity index (χ3v) is 3.38. The maximum atomic E-state index is 11.8. The highest BCUT2D eigenvalue weighted by atomic mass is 16.6. The van der Waals surface area contributed by atoms with Crippen LogP contribution in [0.3, 0.4) is 0 Å². The minimum Gasteiger partial charge on any atom is -0.460 e. The maximum absolute atomic E-state index is 11.8. The van der Waals surface area contributed by atoms with Gasteiger partial charge in [-0.1, -0.05) is 0 Å². The lowest BCUT2D eigenvalue weighted by atomic mass is 10.1. The van der Waals surface area contributed by atoms with E-state index in [1.165, 1.54) is 6.92 Å². The third kappa shape index (κ3) is 7.21. The van der Waals surface area contributed by atoms with Crippen LogP contribution >= 0.6 is 0 Å². The number of nitrogens with one attached hydrogen (secondary N) is 1. The second-order valence-electron chi connectivity index (χ2n) is 5.56. The number of nitrogens with two attached hydrogens (primary N) is 1. The Morgan fingerprint density at radius 3 is 2.23 bits per heavy atom. The van der Waals surface area contributed by atoms with E-state index in [4.69, 9.17) is 10.5 Å². The molecule has 0 saturated heterocycles. The minimum atomic E-state index is -0.888. The second kappa shape index (κ2) is 10.0. The van der Waals surface area contributed by atoms with Crippen molar-refractivity contribution in [2.75, 3.05) is 6.54 Å². The summed E-state index contributed by atoms with van der Waals surface area (Å²) in [4.78, 5) is 42.7. The number of carbonyl (C=O) groups excluding carboxylic acids is 2. The number of nitro groups is 2. The van der Waals surface area contributed by atoms with Gasteiger partial charge in [0, 0.05) is 31.2 Å². The number of nitrogens with zero attached hydrogens (tertiary/aromatic N) is 2. The zero-order valence-corrected chi connectivity index (χ0v) is 14.2. The van der Waals surface area contributed by atoms with E-state index in [0.29, 0.717) is 25.8 Å². The van der Waals surface area contributed by atoms with E-state index >= 15 is 0 Å². The first-order valence-electron chi connectivity index (χ1n) is 7.80. The predicted molar refractivity (Wildman–Crippen MR) is 90.1 cm³/mol. The number of hydrogen-bond acceptors (Lipinski definition) is 8. The molecule has 0 aliphatic rings. The van der Waals surface area contributed by atoms with Gasteiger partial charge in [-0.15, -0.1) is 0 Å². The molecular formula is C15H20N4O7. The van der Waals surface area contributed by atoms with Crippen LogP contribution in [-0.2, 0) is 20.9 Å². The number of rotatable bonds is 10. The molecule has 0 aromatic heterocycles. The molecule has 1 atom stereocenters. The van der Waals surface area contributed by atoms with Crippen LogP contribution in [0.1, 0.15) is 31.7 Å². The molecule has 0 saturated carbocycles. The summed E-state index contributed by atoms with van der Waals surface area (Å²) in [6, 6.07) is 2.13. The fourth-order valence-electron chi connectivity index (χ4n) is 2.08. The van der Waals surface area contributed by atoms with Gasteiger partial charge in [0.05, 0.1) is 15.9 Å². The largest absolute Gasteiger partial charge is 0.460 e. The van der Waals surface area contributed by atoms with Crippen molar-refractivity contribution in [3.8, 4) is 0 Å². The number of benzene rings is 1. The summed E-state index contributed by atoms with van der Waals surface area (Å²) in [5.74, 6) is -0.849. The number of carbonyl (C=O) groups is 2. The van der Waals surface area contributed by atoms with Crippen molar-refractivity contribution in [2.45, 2.75) is 38.8 Å². The SMILES string of the molecule is CC(=O)NCCCC[C@H](N)C(=O)OCc1cc([N+](=O)[O-])cc([N+](=O)[O-])c1. The number of ether oxygens (including phenoxy) is 1. The van der Waals surface area contributed by atoms with Gasteiger partial charge in [-0.25, -0.2) is 0 Å². The average Bonchev–Trinajstić information content (AvgIpc) is 2.58. The molecule has 1 rings (SSSR count). The van der Waals surface area contributed by atoms with Crippen molar-refractivity contribution in [3.63, 3.8) is 0 Å². The number of unbranched alkanes of at least 4 members (excludes halogenated alkanes) is 1. The standard InChI is InChI=1S/C15H20N4O7/c1-10(20)17-5-3-2-4-14(16)15(21)26-9-11-6-12(18(22)23)8-13(7-11)19(24)25/h6-8,14H,2-5,9,16H2,1H3,(H,17,20)/t14-/m0/s1. The molecule has 0 fully saturated rings. The van der Waals surface area contributed by atoms with Crippen molar-refractivity contribution in [3.05, 3.63) is 44.0 Å². The number of esters is 1. The zero-order chi connectivity index (χ0) is 19.7. The molecule has 1 amide bonds. The molecule has 142 valence electrons. The van der Waals surface area contributed by atoms with Gasteiger partial charge in [0.2, 0.25) is 5.91 Å². The van der Waals surface area contributed by atoms with Crippen LogP contribution in [0, 0.1) is 20.2 Å². The molecule has 11 heteroatoms. The van der Waals surface area contributed by atoms with Crippen LogP contribution in [-0.4, -0.2) is 34.3 Å². The number of nitro benzene ring substituents is 2. The molecule has 0 unspecified atom stereocenters. The molecule has 0 heterocycles. The Bertz CT molecular complexity index is 660. The molecule has 0 aliphatic heterocycles. The van der Waals surface area contributed by atoms with E-state index in [-0.39, 0.29) is 18.1 Å². The molecule has 3 N–H and O–H groups in total. The Kier molecular flexibility index (Phi) is 8.09. The van der Waals surface area contributed by atoms with Crippen molar-refractivity contribution in [2.24, 2.45) is 5.73 Å². The fourth-order valence-corrected chi connectivity index (χ4v) is 2.08. The Morgan fingerprint density at radius 1 is 1.15 bits per heavy atom. The quantitative estimate of drug-likeness (QED) is 0.268. The van der Waals surface area contributed by atoms with Crippen molar-refractivity contribution >= 4 is 23.3 Å². The Hall–Kier alpha value is -3.08. The van der Waals surface area contributed by atoms with Crippen LogP contribution in [0.2, 0.25) is 0 Å². The van der Waals surface area contributed by atoms with Gasteiger partial charge in [0.25, 0.3) is 11.4 Å². The maximum Gasteiger partial charge on any atom is 0.323 e. The zero-order valence-electron chi connectivity index (χ0n) is 14.2. The van der Waals surface area contributed by atoms with E-state index in [1.54, 1.807) is 0 Å². The predicted octanol–water partition coefficient (Wildman–Crippen LogP) is 1.18. The first-order chi connectivity index (χ1) is 12.2. The minimum absolute atomic E-state index is 0.122. The van der Waals surface area contributed by atoms with Crippen molar-refractivity contribution < 1.29 is 24.2 Å². The van der Waals surface area contributed by atoms with E-state index in [0.717, 1.165) is 18.2 Å². The van der Waals surface area contributed by atoms with Crippen molar-refractivity contribution in [1.82, 2.24) is 5.32 Å². The molecule has 0 bridgehead atoms. The summed E-state index contributed by atoms with van der Waals surface area (Å²) in [6.07, 6.45) is 1.59. The first-order valence-corrected chi connectivity index (χ1v) is 7.80. The van der Waals surface area contributed by atoms with Crippen LogP contribution in [0.5, 0.6) is 0 Å². The molecular weight excluding hydrogens is 348 g/mol. The fraction of sp³-hybridized carbons (Fsp3) is 0.467. The highest BCUT2D eigenvalue weighted by Crippen LogP contribution is 2.23. The first kappa shape index (κ1) is 21.0. The van der Waals surface area contributed by atoms with E-state index < -0.39 is 33.2 Å². The van der Waals surface area contributed by atoms with Gasteiger partial charge in [-0.3, -0.25) is 29.8 Å². The normalized spacial score (nSPS) is 11.5.